The van der Waals surface area contributed by atoms with Crippen molar-refractivity contribution in [1.82, 2.24) is 20.0 Å². The smallest absolute Gasteiger partial charge is 0.317 e. The molecule has 1 aromatic heterocycles. The highest BCUT2D eigenvalue weighted by atomic mass is 16.4. The fourth-order valence-corrected chi connectivity index (χ4v) is 4.24. The van der Waals surface area contributed by atoms with E-state index in [1.807, 2.05) is 10.9 Å². The van der Waals surface area contributed by atoms with Gasteiger partial charge in [-0.15, -0.1) is 0 Å². The average molecular weight is 360 g/mol. The summed E-state index contributed by atoms with van der Waals surface area (Å²) in [5.41, 5.74) is 0.487. The number of amides is 1. The Hall–Kier alpha value is -1.89. The van der Waals surface area contributed by atoms with Crippen molar-refractivity contribution in [1.29, 1.82) is 0 Å². The SMILES string of the molecule is O=C(O)CN(CC1CC1)C1CC(NC(=O)c2ccn(C3CCCC3)n2)C1. The molecular formula is C19H28N4O3. The van der Waals surface area contributed by atoms with Crippen LogP contribution in [-0.2, 0) is 4.79 Å². The van der Waals surface area contributed by atoms with Gasteiger partial charge in [0.25, 0.3) is 5.91 Å². The lowest BCUT2D eigenvalue weighted by Gasteiger charge is -2.42. The minimum Gasteiger partial charge on any atom is -0.480 e. The van der Waals surface area contributed by atoms with Crippen LogP contribution in [0, 0.1) is 5.92 Å². The zero-order valence-corrected chi connectivity index (χ0v) is 15.1. The first-order valence-electron chi connectivity index (χ1n) is 9.90. The van der Waals surface area contributed by atoms with Gasteiger partial charge in [0.2, 0.25) is 0 Å². The Morgan fingerprint density at radius 1 is 1.23 bits per heavy atom. The van der Waals surface area contributed by atoms with E-state index in [9.17, 15) is 9.59 Å². The number of hydrogen-bond acceptors (Lipinski definition) is 4. The van der Waals surface area contributed by atoms with Gasteiger partial charge in [0, 0.05) is 24.8 Å². The largest absolute Gasteiger partial charge is 0.480 e. The Labute approximate surface area is 153 Å². The van der Waals surface area contributed by atoms with E-state index in [4.69, 9.17) is 5.11 Å². The van der Waals surface area contributed by atoms with E-state index in [1.165, 1.54) is 25.7 Å². The zero-order chi connectivity index (χ0) is 18.1. The third-order valence-electron chi connectivity index (χ3n) is 6.03. The number of aliphatic carboxylic acids is 1. The van der Waals surface area contributed by atoms with Gasteiger partial charge >= 0.3 is 5.97 Å². The van der Waals surface area contributed by atoms with Crippen molar-refractivity contribution in [2.45, 2.75) is 69.5 Å². The number of rotatable bonds is 8. The van der Waals surface area contributed by atoms with E-state index in [2.05, 4.69) is 15.3 Å². The molecule has 1 aromatic rings. The molecule has 3 aliphatic rings. The molecule has 0 bridgehead atoms. The summed E-state index contributed by atoms with van der Waals surface area (Å²) in [5.74, 6) is -0.213. The quantitative estimate of drug-likeness (QED) is 0.741. The summed E-state index contributed by atoms with van der Waals surface area (Å²) < 4.78 is 1.94. The van der Waals surface area contributed by atoms with Gasteiger partial charge in [-0.05, 0) is 50.5 Å². The van der Waals surface area contributed by atoms with E-state index >= 15 is 0 Å². The first kappa shape index (κ1) is 17.5. The monoisotopic (exact) mass is 360 g/mol. The minimum absolute atomic E-state index is 0.105. The second-order valence-corrected chi connectivity index (χ2v) is 8.18. The van der Waals surface area contributed by atoms with Crippen molar-refractivity contribution in [3.8, 4) is 0 Å². The van der Waals surface area contributed by atoms with Crippen LogP contribution in [-0.4, -0.2) is 56.8 Å². The normalized spacial score (nSPS) is 26.0. The number of hydrogen-bond donors (Lipinski definition) is 2. The summed E-state index contributed by atoms with van der Waals surface area (Å²) >= 11 is 0. The molecule has 1 heterocycles. The van der Waals surface area contributed by atoms with Crippen LogP contribution in [0.15, 0.2) is 12.3 Å². The highest BCUT2D eigenvalue weighted by molar-refractivity contribution is 5.92. The van der Waals surface area contributed by atoms with Gasteiger partial charge < -0.3 is 10.4 Å². The molecule has 26 heavy (non-hydrogen) atoms. The molecule has 0 aromatic carbocycles. The summed E-state index contributed by atoms with van der Waals surface area (Å²) in [5, 5.41) is 16.6. The van der Waals surface area contributed by atoms with E-state index in [0.29, 0.717) is 17.7 Å². The molecule has 3 fully saturated rings. The van der Waals surface area contributed by atoms with Crippen molar-refractivity contribution in [2.75, 3.05) is 13.1 Å². The number of aromatic nitrogens is 2. The first-order chi connectivity index (χ1) is 12.6. The fourth-order valence-electron chi connectivity index (χ4n) is 4.24. The topological polar surface area (TPSA) is 87.5 Å². The molecule has 4 rings (SSSR count). The third-order valence-corrected chi connectivity index (χ3v) is 6.03. The fraction of sp³-hybridized carbons (Fsp3) is 0.737. The number of carbonyl (C=O) groups is 2. The summed E-state index contributed by atoms with van der Waals surface area (Å²) in [6.07, 6.45) is 10.8. The average Bonchev–Trinajstić information content (AvgIpc) is 3.03. The summed E-state index contributed by atoms with van der Waals surface area (Å²) in [7, 11) is 0. The van der Waals surface area contributed by atoms with Crippen molar-refractivity contribution in [3.05, 3.63) is 18.0 Å². The Bertz CT molecular complexity index is 657. The number of carboxylic acids is 1. The van der Waals surface area contributed by atoms with Crippen LogP contribution in [0.25, 0.3) is 0 Å². The highest BCUT2D eigenvalue weighted by Gasteiger charge is 2.38. The van der Waals surface area contributed by atoms with Gasteiger partial charge in [-0.1, -0.05) is 12.8 Å². The Morgan fingerprint density at radius 3 is 2.62 bits per heavy atom. The van der Waals surface area contributed by atoms with Crippen molar-refractivity contribution >= 4 is 11.9 Å². The molecule has 7 nitrogen and oxygen atoms in total. The number of nitrogens with zero attached hydrogens (tertiary/aromatic N) is 3. The van der Waals surface area contributed by atoms with E-state index in [1.54, 1.807) is 6.07 Å². The van der Waals surface area contributed by atoms with Gasteiger partial charge in [0.05, 0.1) is 12.6 Å². The molecule has 142 valence electrons. The van der Waals surface area contributed by atoms with Gasteiger partial charge in [-0.3, -0.25) is 19.2 Å². The summed E-state index contributed by atoms with van der Waals surface area (Å²) in [6, 6.07) is 2.64. The Kier molecular flexibility index (Phi) is 4.98. The first-order valence-corrected chi connectivity index (χ1v) is 9.90. The van der Waals surface area contributed by atoms with E-state index in [-0.39, 0.29) is 24.5 Å². The second-order valence-electron chi connectivity index (χ2n) is 8.18. The van der Waals surface area contributed by atoms with Gasteiger partial charge in [0.15, 0.2) is 0 Å². The lowest BCUT2D eigenvalue weighted by Crippen LogP contribution is -2.55. The molecule has 3 saturated carbocycles. The van der Waals surface area contributed by atoms with Crippen molar-refractivity contribution < 1.29 is 14.7 Å². The number of carbonyl (C=O) groups excluding carboxylic acids is 1. The maximum Gasteiger partial charge on any atom is 0.317 e. The molecule has 3 aliphatic carbocycles. The predicted octanol–water partition coefficient (Wildman–Crippen LogP) is 2.06. The molecule has 0 saturated heterocycles. The van der Waals surface area contributed by atoms with Crippen LogP contribution in [0.2, 0.25) is 0 Å². The van der Waals surface area contributed by atoms with Gasteiger partial charge in [-0.25, -0.2) is 0 Å². The summed E-state index contributed by atoms with van der Waals surface area (Å²) in [4.78, 5) is 25.6. The number of carboxylic acid groups (broad SMARTS) is 1. The second kappa shape index (κ2) is 7.39. The lowest BCUT2D eigenvalue weighted by molar-refractivity contribution is -0.139. The molecule has 0 unspecified atom stereocenters. The minimum atomic E-state index is -0.768. The Morgan fingerprint density at radius 2 is 1.96 bits per heavy atom. The molecule has 2 N–H and O–H groups in total. The highest BCUT2D eigenvalue weighted by Crippen LogP contribution is 2.34. The van der Waals surface area contributed by atoms with E-state index < -0.39 is 5.97 Å². The van der Waals surface area contributed by atoms with Gasteiger partial charge in [-0.2, -0.15) is 5.10 Å². The molecule has 7 heteroatoms. The molecular weight excluding hydrogens is 332 g/mol. The zero-order valence-electron chi connectivity index (χ0n) is 15.1. The maximum absolute atomic E-state index is 12.4. The van der Waals surface area contributed by atoms with Crippen LogP contribution in [0.1, 0.15) is 67.9 Å². The predicted molar refractivity (Wildman–Crippen MR) is 95.9 cm³/mol. The molecule has 0 aliphatic heterocycles. The standard InChI is InChI=1S/C19H28N4O3/c24-18(25)12-22(11-13-5-6-13)16-9-14(10-16)20-19(26)17-7-8-23(21-17)15-3-1-2-4-15/h7-8,13-16H,1-6,9-12H2,(H,20,26)(H,24,25). The Balaban J connectivity index is 1.26. The van der Waals surface area contributed by atoms with Gasteiger partial charge in [0.1, 0.15) is 5.69 Å². The maximum atomic E-state index is 12.4. The third kappa shape index (κ3) is 4.09. The molecule has 0 spiro atoms. The molecule has 1 amide bonds. The summed E-state index contributed by atoms with van der Waals surface area (Å²) in [6.45, 7) is 0.983. The van der Waals surface area contributed by atoms with E-state index in [0.717, 1.165) is 32.2 Å². The number of nitrogens with one attached hydrogen (secondary N) is 1. The molecule has 0 radical (unpaired) electrons. The van der Waals surface area contributed by atoms with Crippen LogP contribution in [0.4, 0.5) is 0 Å². The van der Waals surface area contributed by atoms with Crippen molar-refractivity contribution in [2.24, 2.45) is 5.92 Å². The molecule has 0 atom stereocenters. The van der Waals surface area contributed by atoms with Crippen LogP contribution >= 0.6 is 0 Å². The lowest BCUT2D eigenvalue weighted by atomic mass is 9.85. The van der Waals surface area contributed by atoms with Crippen LogP contribution in [0.5, 0.6) is 0 Å². The van der Waals surface area contributed by atoms with Crippen molar-refractivity contribution in [3.63, 3.8) is 0 Å². The van der Waals surface area contributed by atoms with Crippen LogP contribution < -0.4 is 5.32 Å². The van der Waals surface area contributed by atoms with Crippen LogP contribution in [0.3, 0.4) is 0 Å².